The SMILES string of the molecule is O=[N+]([O-])c1c(Cl)ncnc1-c1ccccc1C(F)(F)F. The summed E-state index contributed by atoms with van der Waals surface area (Å²) in [5, 5.41) is 10.4. The summed E-state index contributed by atoms with van der Waals surface area (Å²) in [5.41, 5.74) is -2.68. The molecule has 0 aliphatic heterocycles. The van der Waals surface area contributed by atoms with Crippen molar-refractivity contribution in [1.82, 2.24) is 9.97 Å². The smallest absolute Gasteiger partial charge is 0.258 e. The number of rotatable bonds is 2. The molecule has 2 rings (SSSR count). The molecule has 0 unspecified atom stereocenters. The summed E-state index contributed by atoms with van der Waals surface area (Å²) in [6.45, 7) is 0. The van der Waals surface area contributed by atoms with Crippen molar-refractivity contribution < 1.29 is 18.1 Å². The quantitative estimate of drug-likeness (QED) is 0.481. The Hall–Kier alpha value is -2.22. The van der Waals surface area contributed by atoms with Crippen LogP contribution in [0.15, 0.2) is 30.6 Å². The lowest BCUT2D eigenvalue weighted by atomic mass is 10.0. The van der Waals surface area contributed by atoms with E-state index < -0.39 is 38.8 Å². The molecule has 0 atom stereocenters. The number of hydrogen-bond donors (Lipinski definition) is 0. The summed E-state index contributed by atoms with van der Waals surface area (Å²) >= 11 is 5.57. The molecule has 20 heavy (non-hydrogen) atoms. The van der Waals surface area contributed by atoms with E-state index in [0.717, 1.165) is 18.5 Å². The van der Waals surface area contributed by atoms with Crippen LogP contribution in [-0.4, -0.2) is 14.9 Å². The second-order valence-corrected chi connectivity index (χ2v) is 4.02. The van der Waals surface area contributed by atoms with Gasteiger partial charge in [-0.15, -0.1) is 0 Å². The highest BCUT2D eigenvalue weighted by Gasteiger charge is 2.36. The topological polar surface area (TPSA) is 68.9 Å². The van der Waals surface area contributed by atoms with Gasteiger partial charge in [-0.05, 0) is 6.07 Å². The summed E-state index contributed by atoms with van der Waals surface area (Å²) in [6.07, 6.45) is -3.79. The van der Waals surface area contributed by atoms with Gasteiger partial charge in [-0.3, -0.25) is 10.1 Å². The van der Waals surface area contributed by atoms with Crippen LogP contribution in [0.4, 0.5) is 18.9 Å². The van der Waals surface area contributed by atoms with Gasteiger partial charge >= 0.3 is 11.9 Å². The van der Waals surface area contributed by atoms with Gasteiger partial charge in [-0.2, -0.15) is 13.2 Å². The minimum atomic E-state index is -4.66. The lowest BCUT2D eigenvalue weighted by Crippen LogP contribution is -2.08. The van der Waals surface area contributed by atoms with Crippen LogP contribution in [0.3, 0.4) is 0 Å². The average molecular weight is 304 g/mol. The predicted molar refractivity (Wildman–Crippen MR) is 64.1 cm³/mol. The molecule has 5 nitrogen and oxygen atoms in total. The molecule has 0 radical (unpaired) electrons. The Kier molecular flexibility index (Phi) is 3.58. The van der Waals surface area contributed by atoms with Crippen LogP contribution in [0, 0.1) is 10.1 Å². The molecule has 0 aliphatic rings. The van der Waals surface area contributed by atoms with E-state index in [1.54, 1.807) is 0 Å². The molecule has 104 valence electrons. The second kappa shape index (κ2) is 5.04. The maximum absolute atomic E-state index is 12.9. The van der Waals surface area contributed by atoms with Crippen molar-refractivity contribution >= 4 is 17.3 Å². The largest absolute Gasteiger partial charge is 0.417 e. The van der Waals surface area contributed by atoms with E-state index in [-0.39, 0.29) is 0 Å². The maximum Gasteiger partial charge on any atom is 0.417 e. The molecule has 1 heterocycles. The first kappa shape index (κ1) is 14.2. The van der Waals surface area contributed by atoms with Crippen LogP contribution in [0.1, 0.15) is 5.56 Å². The van der Waals surface area contributed by atoms with Gasteiger partial charge in [0.2, 0.25) is 5.15 Å². The van der Waals surface area contributed by atoms with E-state index in [4.69, 9.17) is 11.6 Å². The fraction of sp³-hybridized carbons (Fsp3) is 0.0909. The number of halogens is 4. The van der Waals surface area contributed by atoms with Crippen LogP contribution in [-0.2, 0) is 6.18 Å². The van der Waals surface area contributed by atoms with Crippen LogP contribution >= 0.6 is 11.6 Å². The van der Waals surface area contributed by atoms with Gasteiger partial charge in [0, 0.05) is 5.56 Å². The maximum atomic E-state index is 12.9. The molecule has 1 aromatic carbocycles. The summed E-state index contributed by atoms with van der Waals surface area (Å²) in [6, 6.07) is 4.41. The Morgan fingerprint density at radius 3 is 2.45 bits per heavy atom. The van der Waals surface area contributed by atoms with E-state index in [1.807, 2.05) is 0 Å². The molecule has 9 heteroatoms. The Labute approximate surface area is 115 Å². The highest BCUT2D eigenvalue weighted by Crippen LogP contribution is 2.40. The molecule has 0 aliphatic carbocycles. The molecule has 0 spiro atoms. The highest BCUT2D eigenvalue weighted by atomic mass is 35.5. The molecule has 0 saturated carbocycles. The van der Waals surface area contributed by atoms with Crippen molar-refractivity contribution in [3.63, 3.8) is 0 Å². The van der Waals surface area contributed by atoms with Gasteiger partial charge in [0.05, 0.1) is 10.5 Å². The van der Waals surface area contributed by atoms with Gasteiger partial charge in [0.1, 0.15) is 6.33 Å². The van der Waals surface area contributed by atoms with Gasteiger partial charge < -0.3 is 0 Å². The standard InChI is InChI=1S/C11H5ClF3N3O2/c12-10-9(18(19)20)8(16-5-17-10)6-3-1-2-4-7(6)11(13,14)15/h1-5H. The zero-order valence-electron chi connectivity index (χ0n) is 9.56. The first-order valence-corrected chi connectivity index (χ1v) is 5.51. The van der Waals surface area contributed by atoms with Gasteiger partial charge in [0.25, 0.3) is 0 Å². The van der Waals surface area contributed by atoms with E-state index in [1.165, 1.54) is 12.1 Å². The molecule has 0 bridgehead atoms. The van der Waals surface area contributed by atoms with Crippen molar-refractivity contribution in [3.05, 3.63) is 51.4 Å². The molecule has 1 aromatic heterocycles. The molecule has 0 amide bonds. The van der Waals surface area contributed by atoms with Crippen molar-refractivity contribution in [2.45, 2.75) is 6.18 Å². The Bertz CT molecular complexity index is 676. The third kappa shape index (κ3) is 2.55. The monoisotopic (exact) mass is 303 g/mol. The van der Waals surface area contributed by atoms with Crippen molar-refractivity contribution in [1.29, 1.82) is 0 Å². The number of nitro groups is 1. The minimum absolute atomic E-state index is 0.420. The molecular formula is C11H5ClF3N3O2. The zero-order chi connectivity index (χ0) is 14.9. The van der Waals surface area contributed by atoms with E-state index in [2.05, 4.69) is 9.97 Å². The zero-order valence-corrected chi connectivity index (χ0v) is 10.3. The van der Waals surface area contributed by atoms with E-state index in [9.17, 15) is 23.3 Å². The van der Waals surface area contributed by atoms with Crippen LogP contribution in [0.2, 0.25) is 5.15 Å². The number of benzene rings is 1. The van der Waals surface area contributed by atoms with Crippen LogP contribution in [0.5, 0.6) is 0 Å². The average Bonchev–Trinajstić information content (AvgIpc) is 2.37. The van der Waals surface area contributed by atoms with E-state index >= 15 is 0 Å². The van der Waals surface area contributed by atoms with Gasteiger partial charge in [0.15, 0.2) is 5.69 Å². The number of alkyl halides is 3. The van der Waals surface area contributed by atoms with Gasteiger partial charge in [-0.25, -0.2) is 9.97 Å². The number of hydrogen-bond acceptors (Lipinski definition) is 4. The lowest BCUT2D eigenvalue weighted by molar-refractivity contribution is -0.384. The van der Waals surface area contributed by atoms with Crippen molar-refractivity contribution in [3.8, 4) is 11.3 Å². The Morgan fingerprint density at radius 1 is 1.20 bits per heavy atom. The molecule has 0 saturated heterocycles. The third-order valence-corrected chi connectivity index (χ3v) is 2.72. The van der Waals surface area contributed by atoms with Crippen molar-refractivity contribution in [2.24, 2.45) is 0 Å². The van der Waals surface area contributed by atoms with Crippen LogP contribution in [0.25, 0.3) is 11.3 Å². The fourth-order valence-electron chi connectivity index (χ4n) is 1.65. The Balaban J connectivity index is 2.77. The summed E-state index contributed by atoms with van der Waals surface area (Å²) in [5.74, 6) is 0. The second-order valence-electron chi connectivity index (χ2n) is 3.66. The highest BCUT2D eigenvalue weighted by molar-refractivity contribution is 6.31. The number of aromatic nitrogens is 2. The van der Waals surface area contributed by atoms with Crippen LogP contribution < -0.4 is 0 Å². The normalized spacial score (nSPS) is 11.4. The van der Waals surface area contributed by atoms with E-state index in [0.29, 0.717) is 0 Å². The molecular weight excluding hydrogens is 299 g/mol. The summed E-state index contributed by atoms with van der Waals surface area (Å²) in [7, 11) is 0. The minimum Gasteiger partial charge on any atom is -0.258 e. The molecule has 2 aromatic rings. The fourth-order valence-corrected chi connectivity index (χ4v) is 1.86. The van der Waals surface area contributed by atoms with Crippen molar-refractivity contribution in [2.75, 3.05) is 0 Å². The van der Waals surface area contributed by atoms with Gasteiger partial charge in [-0.1, -0.05) is 29.8 Å². The Morgan fingerprint density at radius 2 is 1.85 bits per heavy atom. The molecule has 0 N–H and O–H groups in total. The third-order valence-electron chi connectivity index (χ3n) is 2.45. The molecule has 0 fully saturated rings. The first-order valence-electron chi connectivity index (χ1n) is 5.14. The summed E-state index contributed by atoms with van der Waals surface area (Å²) in [4.78, 5) is 17.0. The predicted octanol–water partition coefficient (Wildman–Crippen LogP) is 3.72. The summed E-state index contributed by atoms with van der Waals surface area (Å²) < 4.78 is 38.8. The lowest BCUT2D eigenvalue weighted by Gasteiger charge is -2.12. The first-order chi connectivity index (χ1) is 9.32. The number of nitrogens with zero attached hydrogens (tertiary/aromatic N) is 3.